The van der Waals surface area contributed by atoms with Crippen molar-refractivity contribution in [1.82, 2.24) is 19.7 Å². The number of carbonyl (C=O) groups excluding carboxylic acids is 1. The molecule has 232 valence electrons. The van der Waals surface area contributed by atoms with E-state index in [1.807, 2.05) is 34.9 Å². The van der Waals surface area contributed by atoms with Gasteiger partial charge in [0, 0.05) is 44.0 Å². The monoisotopic (exact) mass is 609 g/mol. The number of carbonyl (C=O) groups is 1. The summed E-state index contributed by atoms with van der Waals surface area (Å²) in [5, 5.41) is 6.28. The number of fused-ring (bicyclic) bond motifs is 5. The first-order valence-electron chi connectivity index (χ1n) is 16.0. The zero-order chi connectivity index (χ0) is 30.5. The molecule has 2 saturated heterocycles. The van der Waals surface area contributed by atoms with Gasteiger partial charge in [0.2, 0.25) is 5.43 Å². The number of nitrogens with zero attached hydrogens (tertiary/aromatic N) is 3. The second-order valence-corrected chi connectivity index (χ2v) is 12.3. The third-order valence-electron chi connectivity index (χ3n) is 9.50. The number of nitrogens with one attached hydrogen (secondary N) is 2. The van der Waals surface area contributed by atoms with Crippen LogP contribution in [0.3, 0.4) is 0 Å². The van der Waals surface area contributed by atoms with Crippen molar-refractivity contribution in [2.45, 2.75) is 32.3 Å². The van der Waals surface area contributed by atoms with Crippen molar-refractivity contribution in [2.24, 2.45) is 0 Å². The zero-order valence-electron chi connectivity index (χ0n) is 25.2. The van der Waals surface area contributed by atoms with Crippen LogP contribution in [0.5, 0.6) is 17.2 Å². The van der Waals surface area contributed by atoms with Crippen LogP contribution in [0.1, 0.15) is 41.6 Å². The number of likely N-dealkylation sites (tertiary alicyclic amines) is 2. The average Bonchev–Trinajstić information content (AvgIpc) is 3.77. The average molecular weight is 610 g/mol. The van der Waals surface area contributed by atoms with Crippen molar-refractivity contribution in [3.63, 3.8) is 0 Å². The molecule has 4 aromatic rings. The van der Waals surface area contributed by atoms with Gasteiger partial charge >= 0.3 is 0 Å². The van der Waals surface area contributed by atoms with Crippen LogP contribution in [0.2, 0.25) is 0 Å². The van der Waals surface area contributed by atoms with Gasteiger partial charge in [-0.3, -0.25) is 9.59 Å². The molecule has 3 aromatic carbocycles. The molecule has 0 atom stereocenters. The lowest BCUT2D eigenvalue weighted by Gasteiger charge is -2.29. The van der Waals surface area contributed by atoms with Gasteiger partial charge in [-0.05, 0) is 75.1 Å². The second kappa shape index (κ2) is 11.5. The molecule has 9 nitrogen and oxygen atoms in total. The van der Waals surface area contributed by atoms with Crippen molar-refractivity contribution < 1.29 is 18.7 Å². The Hall–Kier alpha value is -4.41. The smallest absolute Gasteiger partial charge is 0.256 e. The highest BCUT2D eigenvalue weighted by atomic mass is 19.1. The number of pyridine rings is 1. The predicted octanol–water partition coefficient (Wildman–Crippen LogP) is 5.13. The van der Waals surface area contributed by atoms with E-state index in [9.17, 15) is 9.59 Å². The molecular weight excluding hydrogens is 573 g/mol. The number of rotatable bonds is 8. The number of hydrogen-bond donors (Lipinski definition) is 2. The minimum Gasteiger partial charge on any atom is -0.488 e. The lowest BCUT2D eigenvalue weighted by molar-refractivity contribution is 0.0948. The van der Waals surface area contributed by atoms with E-state index in [4.69, 9.17) is 9.47 Å². The summed E-state index contributed by atoms with van der Waals surface area (Å²) in [6, 6.07) is 13.1. The standard InChI is InChI=1S/C35H36FN5O4/c36-27-17-25-32-34(31(27)37-9-15-39-11-3-4-12-39)45-30-19-29-24(23-8-2-1-7-22(23)21-44-29)18-28(30)41(32)20-26(33(25)42)35(43)38-10-16-40-13-5-6-14-40/h1-2,7-8,17-20,37H,3-6,9-16,21H2,(H,38,43). The molecule has 1 amide bonds. The molecule has 2 N–H and O–H groups in total. The van der Waals surface area contributed by atoms with Crippen molar-refractivity contribution in [3.05, 3.63) is 75.8 Å². The van der Waals surface area contributed by atoms with Gasteiger partial charge < -0.3 is 34.5 Å². The van der Waals surface area contributed by atoms with Crippen LogP contribution in [0.15, 0.2) is 53.5 Å². The van der Waals surface area contributed by atoms with Gasteiger partial charge in [-0.15, -0.1) is 0 Å². The number of amides is 1. The predicted molar refractivity (Wildman–Crippen MR) is 172 cm³/mol. The van der Waals surface area contributed by atoms with Crippen LogP contribution >= 0.6 is 0 Å². The summed E-state index contributed by atoms with van der Waals surface area (Å²) in [6.07, 6.45) is 6.24. The van der Waals surface area contributed by atoms with Gasteiger partial charge in [0.1, 0.15) is 29.1 Å². The van der Waals surface area contributed by atoms with Crippen molar-refractivity contribution in [1.29, 1.82) is 0 Å². The number of ether oxygens (including phenoxy) is 2. The van der Waals surface area contributed by atoms with Crippen molar-refractivity contribution in [3.8, 4) is 34.1 Å². The van der Waals surface area contributed by atoms with Gasteiger partial charge in [-0.1, -0.05) is 24.3 Å². The van der Waals surface area contributed by atoms with E-state index >= 15 is 4.39 Å². The molecule has 45 heavy (non-hydrogen) atoms. The molecule has 0 saturated carbocycles. The Morgan fingerprint density at radius 1 is 0.889 bits per heavy atom. The topological polar surface area (TPSA) is 88.1 Å². The molecule has 5 heterocycles. The lowest BCUT2D eigenvalue weighted by atomic mass is 9.95. The Bertz CT molecular complexity index is 1880. The fraction of sp³-hybridized carbons (Fsp3) is 0.371. The van der Waals surface area contributed by atoms with Gasteiger partial charge in [-0.2, -0.15) is 0 Å². The quantitative estimate of drug-likeness (QED) is 0.252. The van der Waals surface area contributed by atoms with E-state index in [1.165, 1.54) is 18.9 Å². The summed E-state index contributed by atoms with van der Waals surface area (Å²) in [5.41, 5.74) is 3.71. The highest BCUT2D eigenvalue weighted by Gasteiger charge is 2.31. The summed E-state index contributed by atoms with van der Waals surface area (Å²) in [4.78, 5) is 32.0. The van der Waals surface area contributed by atoms with E-state index in [-0.39, 0.29) is 22.4 Å². The first-order chi connectivity index (χ1) is 22.0. The van der Waals surface area contributed by atoms with E-state index in [2.05, 4.69) is 26.5 Å². The van der Waals surface area contributed by atoms with Gasteiger partial charge in [0.05, 0.1) is 11.1 Å². The molecule has 0 radical (unpaired) electrons. The number of halogens is 1. The van der Waals surface area contributed by atoms with E-state index < -0.39 is 17.2 Å². The summed E-state index contributed by atoms with van der Waals surface area (Å²) < 4.78 is 30.3. The third kappa shape index (κ3) is 5.02. The number of aromatic nitrogens is 1. The molecule has 0 spiro atoms. The molecule has 8 rings (SSSR count). The van der Waals surface area contributed by atoms with Crippen LogP contribution in [0.25, 0.3) is 27.7 Å². The fourth-order valence-corrected chi connectivity index (χ4v) is 7.14. The molecule has 2 fully saturated rings. The zero-order valence-corrected chi connectivity index (χ0v) is 25.2. The summed E-state index contributed by atoms with van der Waals surface area (Å²) in [5.74, 6) is 0.278. The first-order valence-corrected chi connectivity index (χ1v) is 16.0. The number of hydrogen-bond acceptors (Lipinski definition) is 7. The minimum absolute atomic E-state index is 0.0359. The van der Waals surface area contributed by atoms with Gasteiger partial charge in [-0.25, -0.2) is 4.39 Å². The molecule has 4 aliphatic rings. The maximum atomic E-state index is 15.9. The van der Waals surface area contributed by atoms with Crippen LogP contribution in [0.4, 0.5) is 10.1 Å². The van der Waals surface area contributed by atoms with E-state index in [0.717, 1.165) is 68.8 Å². The normalized spacial score (nSPS) is 16.9. The molecule has 10 heteroatoms. The molecule has 4 aliphatic heterocycles. The summed E-state index contributed by atoms with van der Waals surface area (Å²) >= 11 is 0. The fourth-order valence-electron chi connectivity index (χ4n) is 7.14. The van der Waals surface area contributed by atoms with Crippen LogP contribution in [0, 0.1) is 5.82 Å². The Morgan fingerprint density at radius 3 is 2.40 bits per heavy atom. The SMILES string of the molecule is O=C(NCCN1CCCC1)c1cn2c3c(c(NCCN4CCCC4)c(F)cc3c1=O)Oc1cc3c(cc1-2)-c1ccccc1CO3. The Kier molecular flexibility index (Phi) is 7.18. The molecule has 0 bridgehead atoms. The highest BCUT2D eigenvalue weighted by Crippen LogP contribution is 2.49. The molecular formula is C35H36FN5O4. The van der Waals surface area contributed by atoms with Gasteiger partial charge in [0.25, 0.3) is 5.91 Å². The first kappa shape index (κ1) is 28.1. The third-order valence-corrected chi connectivity index (χ3v) is 9.50. The largest absolute Gasteiger partial charge is 0.488 e. The lowest BCUT2D eigenvalue weighted by Crippen LogP contribution is -2.36. The van der Waals surface area contributed by atoms with Crippen LogP contribution in [-0.4, -0.2) is 72.6 Å². The number of benzene rings is 3. The van der Waals surface area contributed by atoms with E-state index in [0.29, 0.717) is 42.4 Å². The summed E-state index contributed by atoms with van der Waals surface area (Å²) in [6.45, 7) is 6.99. The van der Waals surface area contributed by atoms with Crippen molar-refractivity contribution in [2.75, 3.05) is 57.7 Å². The highest BCUT2D eigenvalue weighted by molar-refractivity contribution is 6.01. The van der Waals surface area contributed by atoms with E-state index in [1.54, 1.807) is 6.20 Å². The Balaban J connectivity index is 1.23. The van der Waals surface area contributed by atoms with Gasteiger partial charge in [0.15, 0.2) is 17.3 Å². The molecule has 1 aromatic heterocycles. The molecule has 0 unspecified atom stereocenters. The summed E-state index contributed by atoms with van der Waals surface area (Å²) in [7, 11) is 0. The number of anilines is 1. The Labute approximate surface area is 260 Å². The van der Waals surface area contributed by atoms with Crippen molar-refractivity contribution >= 4 is 22.5 Å². The molecule has 0 aliphatic carbocycles. The maximum Gasteiger partial charge on any atom is 0.256 e. The van der Waals surface area contributed by atoms with Crippen LogP contribution in [-0.2, 0) is 6.61 Å². The van der Waals surface area contributed by atoms with Crippen LogP contribution < -0.4 is 25.5 Å². The second-order valence-electron chi connectivity index (χ2n) is 12.3. The Morgan fingerprint density at radius 2 is 1.62 bits per heavy atom. The maximum absolute atomic E-state index is 15.9. The minimum atomic E-state index is -0.597.